The van der Waals surface area contributed by atoms with Crippen molar-refractivity contribution in [2.75, 3.05) is 6.54 Å². The molecular formula is C19H38N2O4. The SMILES string of the molecule is CCCCCCCCCCCCCCC[C@@H](C[N+]([O-])=NO)OC(C)=O. The molecule has 0 radical (unpaired) electrons. The second-order valence-electron chi connectivity index (χ2n) is 6.89. The monoisotopic (exact) mass is 358 g/mol. The molecule has 0 aromatic carbocycles. The molecule has 1 atom stereocenters. The van der Waals surface area contributed by atoms with Crippen LogP contribution in [0.4, 0.5) is 0 Å². The molecule has 6 heteroatoms. The maximum Gasteiger partial charge on any atom is 0.303 e. The van der Waals surface area contributed by atoms with Crippen LogP contribution in [0.2, 0.25) is 0 Å². The molecule has 25 heavy (non-hydrogen) atoms. The van der Waals surface area contributed by atoms with Crippen molar-refractivity contribution in [3.8, 4) is 0 Å². The van der Waals surface area contributed by atoms with Crippen molar-refractivity contribution in [3.05, 3.63) is 5.21 Å². The quantitative estimate of drug-likeness (QED) is 0.118. The molecular weight excluding hydrogens is 320 g/mol. The van der Waals surface area contributed by atoms with Gasteiger partial charge in [0.05, 0.1) is 0 Å². The smallest absolute Gasteiger partial charge is 0.303 e. The van der Waals surface area contributed by atoms with Gasteiger partial charge in [0.15, 0.2) is 11.4 Å². The molecule has 0 saturated carbocycles. The number of ether oxygens (including phenoxy) is 1. The van der Waals surface area contributed by atoms with Gasteiger partial charge in [-0.25, -0.2) is 0 Å². The van der Waals surface area contributed by atoms with E-state index in [1.165, 1.54) is 77.6 Å². The molecule has 0 amide bonds. The zero-order valence-electron chi connectivity index (χ0n) is 16.3. The molecule has 0 unspecified atom stereocenters. The minimum absolute atomic E-state index is 0.117. The highest BCUT2D eigenvalue weighted by Crippen LogP contribution is 2.14. The van der Waals surface area contributed by atoms with Gasteiger partial charge in [0.25, 0.3) is 0 Å². The highest BCUT2D eigenvalue weighted by atomic mass is 16.6. The van der Waals surface area contributed by atoms with Crippen LogP contribution >= 0.6 is 0 Å². The highest BCUT2D eigenvalue weighted by Gasteiger charge is 2.17. The lowest BCUT2D eigenvalue weighted by Gasteiger charge is -2.14. The van der Waals surface area contributed by atoms with Gasteiger partial charge in [-0.05, 0) is 12.8 Å². The third kappa shape index (κ3) is 17.3. The maximum atomic E-state index is 11.0. The lowest BCUT2D eigenvalue weighted by Crippen LogP contribution is -2.25. The standard InChI is InChI=1S/C19H38N2O4/c1-3-4-5-6-7-8-9-10-11-12-13-14-15-16-19(25-18(2)22)17-21(24)20-23/h19,23H,3-17H2,1-2H3/t19-/m0/s1. The van der Waals surface area contributed by atoms with Gasteiger partial charge in [-0.15, -0.1) is 0 Å². The van der Waals surface area contributed by atoms with E-state index >= 15 is 0 Å². The Morgan fingerprint density at radius 2 is 1.40 bits per heavy atom. The van der Waals surface area contributed by atoms with Crippen molar-refractivity contribution in [3.63, 3.8) is 0 Å². The zero-order valence-corrected chi connectivity index (χ0v) is 16.3. The van der Waals surface area contributed by atoms with Crippen LogP contribution in [0.1, 0.15) is 104 Å². The molecule has 0 aromatic rings. The summed E-state index contributed by atoms with van der Waals surface area (Å²) < 4.78 is 5.08. The Labute approximate surface area is 153 Å². The number of carbonyl (C=O) groups is 1. The molecule has 0 aliphatic rings. The van der Waals surface area contributed by atoms with E-state index in [4.69, 9.17) is 9.94 Å². The number of unbranched alkanes of at least 4 members (excludes halogenated alkanes) is 12. The zero-order chi connectivity index (χ0) is 18.8. The fourth-order valence-corrected chi connectivity index (χ4v) is 3.02. The molecule has 0 rings (SSSR count). The van der Waals surface area contributed by atoms with Gasteiger partial charge in [0.1, 0.15) is 0 Å². The van der Waals surface area contributed by atoms with E-state index in [-0.39, 0.29) is 11.4 Å². The van der Waals surface area contributed by atoms with Gasteiger partial charge < -0.3 is 15.2 Å². The van der Waals surface area contributed by atoms with Crippen LogP contribution in [0.5, 0.6) is 0 Å². The molecule has 0 aliphatic carbocycles. The van der Waals surface area contributed by atoms with Crippen molar-refractivity contribution in [1.29, 1.82) is 0 Å². The summed E-state index contributed by atoms with van der Waals surface area (Å²) in [5.41, 5.74) is 0. The average molecular weight is 359 g/mol. The molecule has 0 fully saturated rings. The van der Waals surface area contributed by atoms with Gasteiger partial charge in [-0.2, -0.15) is 0 Å². The lowest BCUT2D eigenvalue weighted by molar-refractivity contribution is -0.563. The highest BCUT2D eigenvalue weighted by molar-refractivity contribution is 5.66. The number of carbonyl (C=O) groups excluding carboxylic acids is 1. The van der Waals surface area contributed by atoms with E-state index in [1.807, 2.05) is 0 Å². The summed E-state index contributed by atoms with van der Waals surface area (Å²) in [7, 11) is 0. The minimum atomic E-state index is -0.501. The minimum Gasteiger partial charge on any atom is -0.597 e. The first kappa shape index (κ1) is 23.7. The first-order valence-corrected chi connectivity index (χ1v) is 10.1. The Hall–Kier alpha value is -1.33. The van der Waals surface area contributed by atoms with Gasteiger partial charge in [0, 0.05) is 6.92 Å². The Bertz CT molecular complexity index is 348. The van der Waals surface area contributed by atoms with E-state index in [0.717, 1.165) is 12.8 Å². The number of nitrogens with zero attached hydrogens (tertiary/aromatic N) is 2. The number of hydrogen-bond acceptors (Lipinski definition) is 4. The molecule has 0 aliphatic heterocycles. The van der Waals surface area contributed by atoms with E-state index in [9.17, 15) is 10.0 Å². The second kappa shape index (κ2) is 17.5. The third-order valence-electron chi connectivity index (χ3n) is 4.42. The van der Waals surface area contributed by atoms with Crippen molar-refractivity contribution in [2.24, 2.45) is 5.28 Å². The predicted molar refractivity (Wildman–Crippen MR) is 98.6 cm³/mol. The van der Waals surface area contributed by atoms with Gasteiger partial charge in [-0.3, -0.25) is 4.79 Å². The Morgan fingerprint density at radius 1 is 0.960 bits per heavy atom. The van der Waals surface area contributed by atoms with Crippen LogP contribution < -0.4 is 0 Å². The molecule has 0 saturated heterocycles. The second-order valence-corrected chi connectivity index (χ2v) is 6.89. The van der Waals surface area contributed by atoms with Crippen molar-refractivity contribution >= 4 is 5.97 Å². The summed E-state index contributed by atoms with van der Waals surface area (Å²) in [5.74, 6) is -0.411. The molecule has 0 bridgehead atoms. The Morgan fingerprint density at radius 3 is 1.80 bits per heavy atom. The molecule has 0 heterocycles. The van der Waals surface area contributed by atoms with E-state index in [1.54, 1.807) is 0 Å². The number of esters is 1. The predicted octanol–water partition coefficient (Wildman–Crippen LogP) is 5.75. The summed E-state index contributed by atoms with van der Waals surface area (Å²) in [5, 5.41) is 22.0. The van der Waals surface area contributed by atoms with E-state index < -0.39 is 12.1 Å². The van der Waals surface area contributed by atoms with E-state index in [0.29, 0.717) is 6.42 Å². The first-order chi connectivity index (χ1) is 12.1. The topological polar surface area (TPSA) is 85.0 Å². The van der Waals surface area contributed by atoms with Crippen molar-refractivity contribution in [1.82, 2.24) is 0 Å². The van der Waals surface area contributed by atoms with Crippen LogP contribution in [-0.4, -0.2) is 28.7 Å². The van der Waals surface area contributed by atoms with Crippen molar-refractivity contribution in [2.45, 2.75) is 110 Å². The molecule has 1 N–H and O–H groups in total. The number of hydrogen-bond donors (Lipinski definition) is 1. The van der Waals surface area contributed by atoms with Crippen LogP contribution in [0, 0.1) is 5.21 Å². The van der Waals surface area contributed by atoms with Crippen LogP contribution in [0.25, 0.3) is 0 Å². The molecule has 6 nitrogen and oxygen atoms in total. The summed E-state index contributed by atoms with van der Waals surface area (Å²) in [6.07, 6.45) is 16.7. The van der Waals surface area contributed by atoms with Crippen LogP contribution in [0.15, 0.2) is 5.28 Å². The van der Waals surface area contributed by atoms with Gasteiger partial charge in [-0.1, -0.05) is 88.8 Å². The van der Waals surface area contributed by atoms with Gasteiger partial charge in [0.2, 0.25) is 6.54 Å². The molecule has 0 aromatic heterocycles. The van der Waals surface area contributed by atoms with Crippen LogP contribution in [-0.2, 0) is 9.53 Å². The summed E-state index contributed by atoms with van der Waals surface area (Å²) in [4.78, 5) is 11.2. The Balaban J connectivity index is 3.49. The number of hydroxylamine groups is 1. The fraction of sp³-hybridized carbons (Fsp3) is 0.947. The third-order valence-corrected chi connectivity index (χ3v) is 4.42. The fourth-order valence-electron chi connectivity index (χ4n) is 3.02. The van der Waals surface area contributed by atoms with E-state index in [2.05, 4.69) is 12.2 Å². The van der Waals surface area contributed by atoms with Crippen molar-refractivity contribution < 1.29 is 19.6 Å². The summed E-state index contributed by atoms with van der Waals surface area (Å²) in [6, 6.07) is 0. The lowest BCUT2D eigenvalue weighted by atomic mass is 10.0. The average Bonchev–Trinajstić information content (AvgIpc) is 2.58. The summed E-state index contributed by atoms with van der Waals surface area (Å²) >= 11 is 0. The normalized spacial score (nSPS) is 13.0. The largest absolute Gasteiger partial charge is 0.597 e. The molecule has 0 spiro atoms. The molecule has 148 valence electrons. The van der Waals surface area contributed by atoms with Gasteiger partial charge >= 0.3 is 5.97 Å². The van der Waals surface area contributed by atoms with Crippen LogP contribution in [0.3, 0.4) is 0 Å². The maximum absolute atomic E-state index is 11.0. The Kier molecular flexibility index (Phi) is 16.6. The summed E-state index contributed by atoms with van der Waals surface area (Å²) in [6.45, 7) is 3.45. The first-order valence-electron chi connectivity index (χ1n) is 10.1. The number of rotatable bonds is 17.